The van der Waals surface area contributed by atoms with E-state index in [1.165, 1.54) is 0 Å². The van der Waals surface area contributed by atoms with E-state index < -0.39 is 23.5 Å². The van der Waals surface area contributed by atoms with E-state index in [2.05, 4.69) is 10.6 Å². The molecule has 3 N–H and O–H groups in total. The lowest BCUT2D eigenvalue weighted by Crippen LogP contribution is -2.52. The lowest BCUT2D eigenvalue weighted by Gasteiger charge is -2.28. The summed E-state index contributed by atoms with van der Waals surface area (Å²) in [5, 5.41) is 18.3. The number of rotatable bonds is 4. The average molecular weight is 284 g/mol. The zero-order valence-electron chi connectivity index (χ0n) is 11.6. The quantitative estimate of drug-likeness (QED) is 0.795. The van der Waals surface area contributed by atoms with Crippen molar-refractivity contribution < 1.29 is 14.7 Å². The molecule has 2 amide bonds. The number of carboxylic acid groups (broad SMARTS) is 1. The van der Waals surface area contributed by atoms with Crippen LogP contribution in [0.2, 0.25) is 0 Å². The second-order valence-electron chi connectivity index (χ2n) is 5.53. The van der Waals surface area contributed by atoms with E-state index in [1.807, 2.05) is 23.8 Å². The summed E-state index contributed by atoms with van der Waals surface area (Å²) in [4.78, 5) is 23.0. The summed E-state index contributed by atoms with van der Waals surface area (Å²) < 4.78 is 0. The molecule has 1 unspecified atom stereocenters. The fraction of sp³-hybridized carbons (Fsp3) is 0.538. The molecule has 0 radical (unpaired) electrons. The summed E-state index contributed by atoms with van der Waals surface area (Å²) >= 11 is 1.55. The maximum Gasteiger partial charge on any atom is 0.326 e. The Balaban J connectivity index is 2.61. The van der Waals surface area contributed by atoms with Crippen molar-refractivity contribution in [1.82, 2.24) is 10.6 Å². The Morgan fingerprint density at radius 1 is 1.32 bits per heavy atom. The van der Waals surface area contributed by atoms with Crippen molar-refractivity contribution in [3.05, 3.63) is 22.4 Å². The van der Waals surface area contributed by atoms with Gasteiger partial charge in [0.1, 0.15) is 6.04 Å². The van der Waals surface area contributed by atoms with Gasteiger partial charge in [0.25, 0.3) is 0 Å². The molecule has 0 bridgehead atoms. The maximum absolute atomic E-state index is 11.8. The number of hydrogen-bond donors (Lipinski definition) is 3. The van der Waals surface area contributed by atoms with Gasteiger partial charge in [0, 0.05) is 0 Å². The van der Waals surface area contributed by atoms with E-state index in [1.54, 1.807) is 32.1 Å². The van der Waals surface area contributed by atoms with E-state index in [9.17, 15) is 9.59 Å². The largest absolute Gasteiger partial charge is 0.480 e. The van der Waals surface area contributed by atoms with Gasteiger partial charge in [-0.3, -0.25) is 0 Å². The van der Waals surface area contributed by atoms with E-state index in [4.69, 9.17) is 5.11 Å². The number of aliphatic carboxylic acids is 1. The molecule has 0 spiro atoms. The van der Waals surface area contributed by atoms with Crippen LogP contribution >= 0.6 is 11.3 Å². The molecule has 0 fully saturated rings. The van der Waals surface area contributed by atoms with Crippen LogP contribution in [0.3, 0.4) is 0 Å². The number of urea groups is 1. The Morgan fingerprint density at radius 2 is 1.95 bits per heavy atom. The number of carbonyl (C=O) groups excluding carboxylic acids is 1. The normalized spacial score (nSPS) is 14.5. The second-order valence-corrected chi connectivity index (χ2v) is 6.31. The van der Waals surface area contributed by atoms with Gasteiger partial charge in [-0.2, -0.15) is 11.3 Å². The van der Waals surface area contributed by atoms with Crippen molar-refractivity contribution in [2.75, 3.05) is 0 Å². The molecular weight excluding hydrogens is 264 g/mol. The smallest absolute Gasteiger partial charge is 0.326 e. The molecular formula is C13H20N2O3S. The molecule has 106 valence electrons. The Bertz CT molecular complexity index is 437. The molecule has 6 heteroatoms. The number of nitrogens with one attached hydrogen (secondary N) is 2. The van der Waals surface area contributed by atoms with Gasteiger partial charge in [-0.25, -0.2) is 9.59 Å². The predicted octanol–water partition coefficient (Wildman–Crippen LogP) is 2.61. The second kappa shape index (κ2) is 6.06. The molecule has 2 atom stereocenters. The van der Waals surface area contributed by atoms with Gasteiger partial charge in [-0.05, 0) is 34.7 Å². The average Bonchev–Trinajstić information content (AvgIpc) is 2.77. The highest BCUT2D eigenvalue weighted by Crippen LogP contribution is 2.20. The van der Waals surface area contributed by atoms with Gasteiger partial charge >= 0.3 is 12.0 Å². The number of carboxylic acids is 1. The first kappa shape index (κ1) is 15.5. The van der Waals surface area contributed by atoms with Gasteiger partial charge in [-0.1, -0.05) is 20.8 Å². The molecule has 0 saturated carbocycles. The third-order valence-electron chi connectivity index (χ3n) is 2.78. The lowest BCUT2D eigenvalue weighted by molar-refractivity contribution is -0.141. The molecule has 5 nitrogen and oxygen atoms in total. The van der Waals surface area contributed by atoms with Crippen LogP contribution < -0.4 is 10.6 Å². The molecule has 1 aromatic rings. The number of amides is 2. The van der Waals surface area contributed by atoms with Crippen molar-refractivity contribution in [1.29, 1.82) is 0 Å². The van der Waals surface area contributed by atoms with E-state index in [-0.39, 0.29) is 6.04 Å². The number of hydrogen-bond acceptors (Lipinski definition) is 3. The van der Waals surface area contributed by atoms with Gasteiger partial charge in [0.15, 0.2) is 0 Å². The minimum Gasteiger partial charge on any atom is -0.480 e. The van der Waals surface area contributed by atoms with Crippen LogP contribution in [0.25, 0.3) is 0 Å². The van der Waals surface area contributed by atoms with Crippen molar-refractivity contribution in [2.24, 2.45) is 5.41 Å². The first-order chi connectivity index (χ1) is 8.71. The number of thiophene rings is 1. The Morgan fingerprint density at radius 3 is 2.37 bits per heavy atom. The topological polar surface area (TPSA) is 78.4 Å². The van der Waals surface area contributed by atoms with E-state index in [0.717, 1.165) is 5.56 Å². The molecule has 0 aliphatic rings. The van der Waals surface area contributed by atoms with Crippen LogP contribution in [0.4, 0.5) is 4.79 Å². The summed E-state index contributed by atoms with van der Waals surface area (Å²) in [6.45, 7) is 7.17. The molecule has 0 aliphatic heterocycles. The van der Waals surface area contributed by atoms with Crippen LogP contribution in [-0.2, 0) is 4.79 Å². The zero-order valence-corrected chi connectivity index (χ0v) is 12.4. The summed E-state index contributed by atoms with van der Waals surface area (Å²) in [6.07, 6.45) is 0. The van der Waals surface area contributed by atoms with Crippen molar-refractivity contribution >= 4 is 23.3 Å². The van der Waals surface area contributed by atoms with Crippen molar-refractivity contribution in [3.63, 3.8) is 0 Å². The predicted molar refractivity (Wildman–Crippen MR) is 75.3 cm³/mol. The van der Waals surface area contributed by atoms with Crippen LogP contribution in [0.1, 0.15) is 39.3 Å². The van der Waals surface area contributed by atoms with Crippen molar-refractivity contribution in [2.45, 2.75) is 39.8 Å². The molecule has 0 saturated heterocycles. The Kier molecular flexibility index (Phi) is 4.94. The third-order valence-corrected chi connectivity index (χ3v) is 3.48. The van der Waals surface area contributed by atoms with E-state index >= 15 is 0 Å². The van der Waals surface area contributed by atoms with Crippen LogP contribution in [-0.4, -0.2) is 23.1 Å². The van der Waals surface area contributed by atoms with Gasteiger partial charge in [0.05, 0.1) is 6.04 Å². The zero-order chi connectivity index (χ0) is 14.6. The minimum atomic E-state index is -1.04. The van der Waals surface area contributed by atoms with Gasteiger partial charge in [-0.15, -0.1) is 0 Å². The highest BCUT2D eigenvalue weighted by atomic mass is 32.1. The first-order valence-electron chi connectivity index (χ1n) is 6.03. The molecule has 0 aliphatic carbocycles. The molecule has 1 rings (SSSR count). The van der Waals surface area contributed by atoms with Gasteiger partial charge in [0.2, 0.25) is 0 Å². The first-order valence-corrected chi connectivity index (χ1v) is 6.98. The summed E-state index contributed by atoms with van der Waals surface area (Å²) in [5.74, 6) is -1.04. The van der Waals surface area contributed by atoms with Crippen LogP contribution in [0.15, 0.2) is 16.8 Å². The van der Waals surface area contributed by atoms with E-state index in [0.29, 0.717) is 0 Å². The minimum absolute atomic E-state index is 0.152. The molecule has 1 heterocycles. The Labute approximate surface area is 117 Å². The SMILES string of the molecule is CC(NC(=O)N[C@@H](C(=O)O)C(C)(C)C)c1ccsc1. The molecule has 19 heavy (non-hydrogen) atoms. The van der Waals surface area contributed by atoms with Gasteiger partial charge < -0.3 is 15.7 Å². The monoisotopic (exact) mass is 284 g/mol. The standard InChI is InChI=1S/C13H20N2O3S/c1-8(9-5-6-19-7-9)14-12(18)15-10(11(16)17)13(2,3)4/h5-8,10H,1-4H3,(H,16,17)(H2,14,15,18)/t8?,10-/m0/s1. The Hall–Kier alpha value is -1.56. The summed E-state index contributed by atoms with van der Waals surface area (Å²) in [5.41, 5.74) is 0.456. The lowest BCUT2D eigenvalue weighted by atomic mass is 9.87. The molecule has 0 aromatic carbocycles. The van der Waals surface area contributed by atoms with Crippen LogP contribution in [0.5, 0.6) is 0 Å². The number of carbonyl (C=O) groups is 2. The fourth-order valence-electron chi connectivity index (χ4n) is 1.62. The highest BCUT2D eigenvalue weighted by Gasteiger charge is 2.32. The summed E-state index contributed by atoms with van der Waals surface area (Å²) in [6, 6.07) is 0.373. The third kappa shape index (κ3) is 4.55. The van der Waals surface area contributed by atoms with Crippen molar-refractivity contribution in [3.8, 4) is 0 Å². The van der Waals surface area contributed by atoms with Crippen LogP contribution in [0, 0.1) is 5.41 Å². The molecule has 1 aromatic heterocycles. The highest BCUT2D eigenvalue weighted by molar-refractivity contribution is 7.07. The maximum atomic E-state index is 11.8. The fourth-order valence-corrected chi connectivity index (χ4v) is 2.38. The summed E-state index contributed by atoms with van der Waals surface area (Å²) in [7, 11) is 0.